The molecule has 20 heavy (non-hydrogen) atoms. The van der Waals surface area contributed by atoms with Crippen molar-refractivity contribution in [3.05, 3.63) is 34.3 Å². The van der Waals surface area contributed by atoms with E-state index in [2.05, 4.69) is 55.4 Å². The van der Waals surface area contributed by atoms with Crippen molar-refractivity contribution in [1.82, 2.24) is 10.2 Å². The molecule has 0 heterocycles. The van der Waals surface area contributed by atoms with Gasteiger partial charge in [-0.3, -0.25) is 4.99 Å². The number of ether oxygens (including phenoxy) is 1. The van der Waals surface area contributed by atoms with Crippen molar-refractivity contribution in [3.8, 4) is 0 Å². The zero-order chi connectivity index (χ0) is 14.1. The summed E-state index contributed by atoms with van der Waals surface area (Å²) in [5, 5.41) is 3.32. The van der Waals surface area contributed by atoms with Crippen molar-refractivity contribution in [2.45, 2.75) is 13.0 Å². The standard InChI is InChI=1S/C14H22BrN3O.HI/c1-16-14(17-9-4-10-19-3)18(2)11-12-5-7-13(15)8-6-12;/h5-8H,4,9-11H2,1-3H3,(H,16,17);1H. The Bertz CT molecular complexity index is 398. The van der Waals surface area contributed by atoms with Crippen molar-refractivity contribution < 1.29 is 4.74 Å². The maximum atomic E-state index is 5.03. The molecule has 0 fully saturated rings. The molecule has 0 bridgehead atoms. The van der Waals surface area contributed by atoms with E-state index in [1.54, 1.807) is 14.2 Å². The molecule has 0 amide bonds. The first-order valence-electron chi connectivity index (χ1n) is 6.32. The van der Waals surface area contributed by atoms with Crippen LogP contribution in [0.15, 0.2) is 33.7 Å². The Morgan fingerprint density at radius 1 is 1.35 bits per heavy atom. The SMILES string of the molecule is CN=C(NCCCOC)N(C)Cc1ccc(Br)cc1.I. The molecule has 4 nitrogen and oxygen atoms in total. The number of nitrogens with one attached hydrogen (secondary N) is 1. The van der Waals surface area contributed by atoms with E-state index in [0.717, 1.165) is 36.5 Å². The van der Waals surface area contributed by atoms with Gasteiger partial charge in [0, 0.05) is 45.4 Å². The van der Waals surface area contributed by atoms with Crippen molar-refractivity contribution >= 4 is 45.9 Å². The summed E-state index contributed by atoms with van der Waals surface area (Å²) in [5.74, 6) is 0.902. The normalized spacial score (nSPS) is 10.9. The molecular formula is C14H23BrIN3O. The van der Waals surface area contributed by atoms with Gasteiger partial charge in [0.1, 0.15) is 0 Å². The van der Waals surface area contributed by atoms with Crippen LogP contribution in [0.3, 0.4) is 0 Å². The molecule has 6 heteroatoms. The van der Waals surface area contributed by atoms with Crippen LogP contribution in [0, 0.1) is 0 Å². The molecular weight excluding hydrogens is 433 g/mol. The lowest BCUT2D eigenvalue weighted by atomic mass is 10.2. The predicted octanol–water partition coefficient (Wildman–Crippen LogP) is 3.11. The first kappa shape index (κ1) is 19.7. The van der Waals surface area contributed by atoms with E-state index in [-0.39, 0.29) is 24.0 Å². The van der Waals surface area contributed by atoms with Gasteiger partial charge in [0.2, 0.25) is 0 Å². The monoisotopic (exact) mass is 455 g/mol. The third-order valence-electron chi connectivity index (χ3n) is 2.71. The van der Waals surface area contributed by atoms with Gasteiger partial charge in [0.05, 0.1) is 0 Å². The summed E-state index contributed by atoms with van der Waals surface area (Å²) in [6.45, 7) is 2.46. The van der Waals surface area contributed by atoms with Gasteiger partial charge in [-0.1, -0.05) is 28.1 Å². The average Bonchev–Trinajstić information content (AvgIpc) is 2.41. The summed E-state index contributed by atoms with van der Waals surface area (Å²) >= 11 is 3.44. The summed E-state index contributed by atoms with van der Waals surface area (Å²) in [6, 6.07) is 8.33. The van der Waals surface area contributed by atoms with Crippen molar-refractivity contribution in [3.63, 3.8) is 0 Å². The average molecular weight is 456 g/mol. The van der Waals surface area contributed by atoms with Crippen molar-refractivity contribution in [1.29, 1.82) is 0 Å². The highest BCUT2D eigenvalue weighted by atomic mass is 127. The Morgan fingerprint density at radius 3 is 2.55 bits per heavy atom. The number of hydrogen-bond donors (Lipinski definition) is 1. The van der Waals surface area contributed by atoms with Crippen LogP contribution in [-0.2, 0) is 11.3 Å². The molecule has 0 saturated carbocycles. The second-order valence-electron chi connectivity index (χ2n) is 4.30. The van der Waals surface area contributed by atoms with E-state index < -0.39 is 0 Å². The number of benzene rings is 1. The summed E-state index contributed by atoms with van der Waals surface area (Å²) in [4.78, 5) is 6.39. The maximum Gasteiger partial charge on any atom is 0.193 e. The van der Waals surface area contributed by atoms with Crippen molar-refractivity contribution in [2.75, 3.05) is 34.4 Å². The van der Waals surface area contributed by atoms with Gasteiger partial charge < -0.3 is 15.0 Å². The van der Waals surface area contributed by atoms with E-state index in [9.17, 15) is 0 Å². The number of halogens is 2. The first-order chi connectivity index (χ1) is 9.17. The number of hydrogen-bond acceptors (Lipinski definition) is 2. The Kier molecular flexibility index (Phi) is 11.1. The molecule has 1 aromatic carbocycles. The minimum atomic E-state index is 0. The lowest BCUT2D eigenvalue weighted by Gasteiger charge is -2.22. The molecule has 1 aromatic rings. The second-order valence-corrected chi connectivity index (χ2v) is 5.22. The molecule has 114 valence electrons. The topological polar surface area (TPSA) is 36.9 Å². The second kappa shape index (κ2) is 11.3. The quantitative estimate of drug-likeness (QED) is 0.310. The van der Waals surface area contributed by atoms with Crippen LogP contribution in [-0.4, -0.2) is 45.2 Å². The summed E-state index contributed by atoms with van der Waals surface area (Å²) in [6.07, 6.45) is 0.974. The third-order valence-corrected chi connectivity index (χ3v) is 3.24. The predicted molar refractivity (Wildman–Crippen MR) is 98.9 cm³/mol. The summed E-state index contributed by atoms with van der Waals surface area (Å²) in [5.41, 5.74) is 1.26. The molecule has 1 N–H and O–H groups in total. The fraction of sp³-hybridized carbons (Fsp3) is 0.500. The van der Waals surface area contributed by atoms with Gasteiger partial charge in [0.25, 0.3) is 0 Å². The minimum Gasteiger partial charge on any atom is -0.385 e. The molecule has 0 atom stereocenters. The molecule has 1 rings (SSSR count). The Balaban J connectivity index is 0.00000361. The lowest BCUT2D eigenvalue weighted by molar-refractivity contribution is 0.195. The zero-order valence-electron chi connectivity index (χ0n) is 12.2. The molecule has 0 aliphatic heterocycles. The summed E-state index contributed by atoms with van der Waals surface area (Å²) < 4.78 is 6.12. The Hall–Kier alpha value is -0.340. The van der Waals surface area contributed by atoms with Gasteiger partial charge in [0.15, 0.2) is 5.96 Å². The smallest absolute Gasteiger partial charge is 0.193 e. The number of nitrogens with zero attached hydrogens (tertiary/aromatic N) is 2. The van der Waals surface area contributed by atoms with Crippen LogP contribution in [0.5, 0.6) is 0 Å². The number of aliphatic imine (C=N–C) groups is 1. The van der Waals surface area contributed by atoms with Crippen LogP contribution in [0.1, 0.15) is 12.0 Å². The highest BCUT2D eigenvalue weighted by Gasteiger charge is 2.05. The fourth-order valence-corrected chi connectivity index (χ4v) is 2.00. The van der Waals surface area contributed by atoms with Crippen LogP contribution < -0.4 is 5.32 Å². The molecule has 0 unspecified atom stereocenters. The Labute approximate surface area is 147 Å². The number of guanidine groups is 1. The maximum absolute atomic E-state index is 5.03. The van der Waals surface area contributed by atoms with Gasteiger partial charge in [-0.15, -0.1) is 24.0 Å². The van der Waals surface area contributed by atoms with E-state index in [0.29, 0.717) is 0 Å². The largest absolute Gasteiger partial charge is 0.385 e. The van der Waals surface area contributed by atoms with E-state index in [1.807, 2.05) is 7.05 Å². The molecule has 0 aliphatic rings. The van der Waals surface area contributed by atoms with Crippen LogP contribution in [0.4, 0.5) is 0 Å². The van der Waals surface area contributed by atoms with Crippen molar-refractivity contribution in [2.24, 2.45) is 4.99 Å². The minimum absolute atomic E-state index is 0. The number of rotatable bonds is 6. The van der Waals surface area contributed by atoms with Gasteiger partial charge in [-0.05, 0) is 24.1 Å². The lowest BCUT2D eigenvalue weighted by Crippen LogP contribution is -2.39. The van der Waals surface area contributed by atoms with Crippen LogP contribution in [0.2, 0.25) is 0 Å². The third kappa shape index (κ3) is 7.44. The van der Waals surface area contributed by atoms with Gasteiger partial charge >= 0.3 is 0 Å². The highest BCUT2D eigenvalue weighted by Crippen LogP contribution is 2.11. The first-order valence-corrected chi connectivity index (χ1v) is 7.12. The van der Waals surface area contributed by atoms with Crippen LogP contribution in [0.25, 0.3) is 0 Å². The fourth-order valence-electron chi connectivity index (χ4n) is 1.74. The van der Waals surface area contributed by atoms with E-state index in [4.69, 9.17) is 4.74 Å². The number of methoxy groups -OCH3 is 1. The Morgan fingerprint density at radius 2 is 2.00 bits per heavy atom. The highest BCUT2D eigenvalue weighted by molar-refractivity contribution is 14.0. The molecule has 0 spiro atoms. The molecule has 0 aromatic heterocycles. The molecule has 0 aliphatic carbocycles. The zero-order valence-corrected chi connectivity index (χ0v) is 16.1. The van der Waals surface area contributed by atoms with Gasteiger partial charge in [-0.2, -0.15) is 0 Å². The molecule has 0 saturated heterocycles. The van der Waals surface area contributed by atoms with Crippen LogP contribution >= 0.6 is 39.9 Å². The van der Waals surface area contributed by atoms with E-state index >= 15 is 0 Å². The summed E-state index contributed by atoms with van der Waals surface area (Å²) in [7, 11) is 5.55. The van der Waals surface area contributed by atoms with E-state index in [1.165, 1.54) is 5.56 Å². The van der Waals surface area contributed by atoms with Gasteiger partial charge in [-0.25, -0.2) is 0 Å². The molecule has 0 radical (unpaired) electrons.